The summed E-state index contributed by atoms with van der Waals surface area (Å²) in [5.74, 6) is 0.701. The first-order valence-electron chi connectivity index (χ1n) is 6.52. The standard InChI is InChI=1S/C14H15N5O/c1-2-11(10-6-4-3-5-7-10)16-12-8-13-17-18-14(20)19(13)9-15-12/h3-9,11,16H,2H2,1H3,(H,18,20). The molecule has 3 aromatic rings. The van der Waals surface area contributed by atoms with E-state index in [0.29, 0.717) is 11.5 Å². The highest BCUT2D eigenvalue weighted by atomic mass is 16.1. The van der Waals surface area contributed by atoms with Crippen LogP contribution in [0.25, 0.3) is 5.65 Å². The molecule has 0 saturated carbocycles. The van der Waals surface area contributed by atoms with Crippen LogP contribution in [0.15, 0.2) is 47.5 Å². The molecule has 0 aliphatic heterocycles. The summed E-state index contributed by atoms with van der Waals surface area (Å²) in [4.78, 5) is 15.6. The number of aromatic nitrogens is 4. The van der Waals surface area contributed by atoms with Gasteiger partial charge in [-0.25, -0.2) is 19.3 Å². The van der Waals surface area contributed by atoms with Crippen LogP contribution in [0.4, 0.5) is 5.82 Å². The van der Waals surface area contributed by atoms with E-state index in [1.54, 1.807) is 6.07 Å². The zero-order valence-corrected chi connectivity index (χ0v) is 11.1. The summed E-state index contributed by atoms with van der Waals surface area (Å²) in [5.41, 5.74) is 1.47. The number of benzene rings is 1. The molecule has 0 spiro atoms. The lowest BCUT2D eigenvalue weighted by Crippen LogP contribution is -2.13. The summed E-state index contributed by atoms with van der Waals surface area (Å²) in [7, 11) is 0. The third-order valence-corrected chi connectivity index (χ3v) is 3.24. The Bertz CT molecular complexity index is 762. The largest absolute Gasteiger partial charge is 0.363 e. The van der Waals surface area contributed by atoms with Crippen molar-refractivity contribution in [2.45, 2.75) is 19.4 Å². The molecule has 2 heterocycles. The van der Waals surface area contributed by atoms with E-state index in [1.807, 2.05) is 18.2 Å². The van der Waals surface area contributed by atoms with Crippen molar-refractivity contribution in [3.8, 4) is 0 Å². The van der Waals surface area contributed by atoms with Gasteiger partial charge >= 0.3 is 5.69 Å². The Balaban J connectivity index is 1.89. The predicted octanol–water partition coefficient (Wildman–Crippen LogP) is 1.98. The molecule has 0 saturated heterocycles. The summed E-state index contributed by atoms with van der Waals surface area (Å²) in [6.07, 6.45) is 2.41. The molecule has 3 rings (SSSR count). The van der Waals surface area contributed by atoms with Crippen LogP contribution in [-0.4, -0.2) is 19.6 Å². The number of hydrogen-bond donors (Lipinski definition) is 2. The molecule has 0 aliphatic carbocycles. The second-order valence-electron chi connectivity index (χ2n) is 4.55. The molecule has 102 valence electrons. The van der Waals surface area contributed by atoms with Gasteiger partial charge < -0.3 is 5.32 Å². The average molecular weight is 269 g/mol. The van der Waals surface area contributed by atoms with E-state index in [4.69, 9.17) is 0 Å². The Morgan fingerprint density at radius 2 is 2.15 bits per heavy atom. The summed E-state index contributed by atoms with van der Waals surface area (Å²) in [6, 6.07) is 12.1. The number of nitrogens with one attached hydrogen (secondary N) is 2. The van der Waals surface area contributed by atoms with Crippen molar-refractivity contribution in [2.24, 2.45) is 0 Å². The van der Waals surface area contributed by atoms with Gasteiger partial charge in [-0.05, 0) is 12.0 Å². The van der Waals surface area contributed by atoms with Crippen molar-refractivity contribution in [3.63, 3.8) is 0 Å². The molecular formula is C14H15N5O. The number of fused-ring (bicyclic) bond motifs is 1. The summed E-state index contributed by atoms with van der Waals surface area (Å²) < 4.78 is 1.37. The van der Waals surface area contributed by atoms with Gasteiger partial charge in [-0.3, -0.25) is 0 Å². The van der Waals surface area contributed by atoms with Crippen LogP contribution in [0.5, 0.6) is 0 Å². The Morgan fingerprint density at radius 1 is 1.35 bits per heavy atom. The summed E-state index contributed by atoms with van der Waals surface area (Å²) in [6.45, 7) is 2.11. The SMILES string of the molecule is CCC(Nc1cc2n[nH]c(=O)n2cn1)c1ccccc1. The highest BCUT2D eigenvalue weighted by molar-refractivity contribution is 5.49. The molecular weight excluding hydrogens is 254 g/mol. The first-order valence-corrected chi connectivity index (χ1v) is 6.52. The quantitative estimate of drug-likeness (QED) is 0.759. The molecule has 1 unspecified atom stereocenters. The smallest absolute Gasteiger partial charge is 0.348 e. The van der Waals surface area contributed by atoms with E-state index in [1.165, 1.54) is 16.3 Å². The Morgan fingerprint density at radius 3 is 2.90 bits per heavy atom. The van der Waals surface area contributed by atoms with Gasteiger partial charge in [-0.15, -0.1) is 0 Å². The molecule has 6 heteroatoms. The van der Waals surface area contributed by atoms with E-state index in [2.05, 4.69) is 39.6 Å². The third-order valence-electron chi connectivity index (χ3n) is 3.24. The fourth-order valence-electron chi connectivity index (χ4n) is 2.17. The topological polar surface area (TPSA) is 75.1 Å². The number of aromatic amines is 1. The number of nitrogens with zero attached hydrogens (tertiary/aromatic N) is 3. The third kappa shape index (κ3) is 2.27. The number of anilines is 1. The van der Waals surface area contributed by atoms with Crippen LogP contribution in [0.3, 0.4) is 0 Å². The molecule has 0 aliphatic rings. The molecule has 20 heavy (non-hydrogen) atoms. The lowest BCUT2D eigenvalue weighted by Gasteiger charge is -2.17. The van der Waals surface area contributed by atoms with Gasteiger partial charge in [-0.1, -0.05) is 37.3 Å². The minimum absolute atomic E-state index is 0.178. The van der Waals surface area contributed by atoms with Crippen LogP contribution < -0.4 is 11.0 Å². The number of rotatable bonds is 4. The minimum Gasteiger partial charge on any atom is -0.363 e. The molecule has 6 nitrogen and oxygen atoms in total. The van der Waals surface area contributed by atoms with Crippen molar-refractivity contribution in [2.75, 3.05) is 5.32 Å². The van der Waals surface area contributed by atoms with Crippen LogP contribution in [-0.2, 0) is 0 Å². The molecule has 0 bridgehead atoms. The van der Waals surface area contributed by atoms with Gasteiger partial charge in [0.05, 0.1) is 6.04 Å². The van der Waals surface area contributed by atoms with Gasteiger partial charge in [0, 0.05) is 6.07 Å². The maximum atomic E-state index is 11.4. The minimum atomic E-state index is -0.283. The van der Waals surface area contributed by atoms with Crippen LogP contribution in [0, 0.1) is 0 Å². The highest BCUT2D eigenvalue weighted by Gasteiger charge is 2.10. The average Bonchev–Trinajstić information content (AvgIpc) is 2.86. The molecule has 2 aromatic heterocycles. The maximum Gasteiger partial charge on any atom is 0.348 e. The van der Waals surface area contributed by atoms with Gasteiger partial charge in [0.1, 0.15) is 12.1 Å². The van der Waals surface area contributed by atoms with E-state index < -0.39 is 0 Å². The fourth-order valence-corrected chi connectivity index (χ4v) is 2.17. The lowest BCUT2D eigenvalue weighted by molar-refractivity contribution is 0.743. The van der Waals surface area contributed by atoms with Gasteiger partial charge in [0.2, 0.25) is 0 Å². The van der Waals surface area contributed by atoms with E-state index in [9.17, 15) is 4.79 Å². The van der Waals surface area contributed by atoms with E-state index in [0.717, 1.165) is 6.42 Å². The maximum absolute atomic E-state index is 11.4. The molecule has 2 N–H and O–H groups in total. The second kappa shape index (κ2) is 5.16. The predicted molar refractivity (Wildman–Crippen MR) is 76.7 cm³/mol. The van der Waals surface area contributed by atoms with Crippen LogP contribution >= 0.6 is 0 Å². The van der Waals surface area contributed by atoms with Crippen LogP contribution in [0.1, 0.15) is 24.9 Å². The number of H-pyrrole nitrogens is 1. The van der Waals surface area contributed by atoms with E-state index in [-0.39, 0.29) is 11.7 Å². The van der Waals surface area contributed by atoms with Gasteiger partial charge in [0.15, 0.2) is 5.65 Å². The first-order chi connectivity index (χ1) is 9.78. The second-order valence-corrected chi connectivity index (χ2v) is 4.55. The molecule has 0 amide bonds. The normalized spacial score (nSPS) is 12.4. The van der Waals surface area contributed by atoms with Crippen molar-refractivity contribution >= 4 is 11.5 Å². The van der Waals surface area contributed by atoms with Gasteiger partial charge in [0.25, 0.3) is 0 Å². The Labute approximate surface area is 115 Å². The molecule has 1 atom stereocenters. The first kappa shape index (κ1) is 12.4. The van der Waals surface area contributed by atoms with Crippen LogP contribution in [0.2, 0.25) is 0 Å². The van der Waals surface area contributed by atoms with Crippen molar-refractivity contribution in [3.05, 3.63) is 58.8 Å². The summed E-state index contributed by atoms with van der Waals surface area (Å²) >= 11 is 0. The Hall–Kier alpha value is -2.63. The highest BCUT2D eigenvalue weighted by Crippen LogP contribution is 2.21. The summed E-state index contributed by atoms with van der Waals surface area (Å²) in [5, 5.41) is 9.69. The zero-order chi connectivity index (χ0) is 13.9. The van der Waals surface area contributed by atoms with Crippen molar-refractivity contribution in [1.82, 2.24) is 19.6 Å². The molecule has 0 fully saturated rings. The van der Waals surface area contributed by atoms with Gasteiger partial charge in [-0.2, -0.15) is 5.10 Å². The zero-order valence-electron chi connectivity index (χ0n) is 11.1. The van der Waals surface area contributed by atoms with Crippen molar-refractivity contribution < 1.29 is 0 Å². The fraction of sp³-hybridized carbons (Fsp3) is 0.214. The lowest BCUT2D eigenvalue weighted by atomic mass is 10.0. The Kier molecular flexibility index (Phi) is 3.20. The number of hydrogen-bond acceptors (Lipinski definition) is 4. The van der Waals surface area contributed by atoms with E-state index >= 15 is 0 Å². The van der Waals surface area contributed by atoms with Crippen molar-refractivity contribution in [1.29, 1.82) is 0 Å². The molecule has 0 radical (unpaired) electrons. The molecule has 1 aromatic carbocycles. The monoisotopic (exact) mass is 269 g/mol.